The van der Waals surface area contributed by atoms with Crippen molar-refractivity contribution >= 4 is 15.8 Å². The summed E-state index contributed by atoms with van der Waals surface area (Å²) in [6.45, 7) is 6.00. The standard InChI is InChI=1S/C19H23NO3S/c1-14(2)17-7-5-16(6-8-17)13-20(4)24(22,23)19-11-9-18(10-12-19)15(3)21/h5-12,14H,13H2,1-4H3. The summed E-state index contributed by atoms with van der Waals surface area (Å²) in [5.74, 6) is 0.359. The number of carbonyl (C=O) groups excluding carboxylic acids is 1. The minimum atomic E-state index is -3.58. The Morgan fingerprint density at radius 2 is 1.54 bits per heavy atom. The van der Waals surface area contributed by atoms with Gasteiger partial charge in [0.05, 0.1) is 4.90 Å². The number of Topliss-reactive ketones (excluding diaryl/α,β-unsaturated/α-hetero) is 1. The van der Waals surface area contributed by atoms with E-state index in [-0.39, 0.29) is 10.7 Å². The van der Waals surface area contributed by atoms with Gasteiger partial charge in [0.15, 0.2) is 5.78 Å². The Labute approximate surface area is 144 Å². The minimum Gasteiger partial charge on any atom is -0.295 e. The summed E-state index contributed by atoms with van der Waals surface area (Å²) in [6, 6.07) is 14.0. The molecule has 128 valence electrons. The molecule has 0 aliphatic heterocycles. The summed E-state index contributed by atoms with van der Waals surface area (Å²) in [5.41, 5.74) is 2.66. The van der Waals surface area contributed by atoms with Gasteiger partial charge in [-0.1, -0.05) is 50.2 Å². The third-order valence-electron chi connectivity index (χ3n) is 4.02. The number of sulfonamides is 1. The van der Waals surface area contributed by atoms with Gasteiger partial charge in [-0.05, 0) is 36.1 Å². The molecule has 2 aromatic rings. The lowest BCUT2D eigenvalue weighted by Gasteiger charge is -2.18. The maximum atomic E-state index is 12.6. The second kappa shape index (κ2) is 7.28. The van der Waals surface area contributed by atoms with E-state index in [9.17, 15) is 13.2 Å². The van der Waals surface area contributed by atoms with Gasteiger partial charge in [0.1, 0.15) is 0 Å². The lowest BCUT2D eigenvalue weighted by atomic mass is 10.0. The number of rotatable bonds is 6. The topological polar surface area (TPSA) is 54.5 Å². The Kier molecular flexibility index (Phi) is 5.57. The normalized spacial score (nSPS) is 11.9. The molecular weight excluding hydrogens is 322 g/mol. The quantitative estimate of drug-likeness (QED) is 0.748. The maximum absolute atomic E-state index is 12.6. The molecule has 0 saturated carbocycles. The Hall–Kier alpha value is -1.98. The lowest BCUT2D eigenvalue weighted by Crippen LogP contribution is -2.26. The molecule has 24 heavy (non-hydrogen) atoms. The van der Waals surface area contributed by atoms with Gasteiger partial charge < -0.3 is 0 Å². The van der Waals surface area contributed by atoms with Crippen LogP contribution in [0.1, 0.15) is 48.2 Å². The van der Waals surface area contributed by atoms with Crippen LogP contribution >= 0.6 is 0 Å². The van der Waals surface area contributed by atoms with Crippen molar-refractivity contribution in [2.75, 3.05) is 7.05 Å². The molecular formula is C19H23NO3S. The van der Waals surface area contributed by atoms with Crippen LogP contribution in [0, 0.1) is 0 Å². The van der Waals surface area contributed by atoms with E-state index in [1.807, 2.05) is 24.3 Å². The highest BCUT2D eigenvalue weighted by Gasteiger charge is 2.21. The molecule has 0 fully saturated rings. The Morgan fingerprint density at radius 3 is 2.00 bits per heavy atom. The summed E-state index contributed by atoms with van der Waals surface area (Å²) in [5, 5.41) is 0. The highest BCUT2D eigenvalue weighted by atomic mass is 32.2. The Morgan fingerprint density at radius 1 is 1.00 bits per heavy atom. The van der Waals surface area contributed by atoms with E-state index in [4.69, 9.17) is 0 Å². The minimum absolute atomic E-state index is 0.0856. The number of carbonyl (C=O) groups is 1. The molecule has 0 aromatic heterocycles. The van der Waals surface area contributed by atoms with Crippen LogP contribution in [0.2, 0.25) is 0 Å². The van der Waals surface area contributed by atoms with Gasteiger partial charge in [-0.15, -0.1) is 0 Å². The van der Waals surface area contributed by atoms with Crippen molar-refractivity contribution in [2.24, 2.45) is 0 Å². The largest absolute Gasteiger partial charge is 0.295 e. The molecule has 4 nitrogen and oxygen atoms in total. The average Bonchev–Trinajstić information content (AvgIpc) is 2.55. The van der Waals surface area contributed by atoms with Crippen molar-refractivity contribution in [3.05, 3.63) is 65.2 Å². The summed E-state index contributed by atoms with van der Waals surface area (Å²) in [4.78, 5) is 11.5. The van der Waals surface area contributed by atoms with Crippen molar-refractivity contribution in [3.63, 3.8) is 0 Å². The van der Waals surface area contributed by atoms with E-state index in [1.165, 1.54) is 28.9 Å². The van der Waals surface area contributed by atoms with Gasteiger partial charge in [0, 0.05) is 19.2 Å². The number of nitrogens with zero attached hydrogens (tertiary/aromatic N) is 1. The highest BCUT2D eigenvalue weighted by molar-refractivity contribution is 7.89. The predicted octanol–water partition coefficient (Wildman–Crippen LogP) is 3.83. The first kappa shape index (κ1) is 18.4. The van der Waals surface area contributed by atoms with Crippen LogP contribution in [0.4, 0.5) is 0 Å². The molecule has 0 atom stereocenters. The van der Waals surface area contributed by atoms with E-state index in [1.54, 1.807) is 19.2 Å². The van der Waals surface area contributed by atoms with Crippen LogP contribution in [-0.2, 0) is 16.6 Å². The molecule has 2 aromatic carbocycles. The van der Waals surface area contributed by atoms with Crippen molar-refractivity contribution in [1.29, 1.82) is 0 Å². The summed E-state index contributed by atoms with van der Waals surface area (Å²) < 4.78 is 26.6. The van der Waals surface area contributed by atoms with Crippen LogP contribution in [0.5, 0.6) is 0 Å². The second-order valence-corrected chi connectivity index (χ2v) is 8.28. The molecule has 0 heterocycles. The van der Waals surface area contributed by atoms with Crippen molar-refractivity contribution in [1.82, 2.24) is 4.31 Å². The molecule has 0 bridgehead atoms. The highest BCUT2D eigenvalue weighted by Crippen LogP contribution is 2.19. The van der Waals surface area contributed by atoms with Crippen molar-refractivity contribution < 1.29 is 13.2 Å². The zero-order valence-electron chi connectivity index (χ0n) is 14.5. The van der Waals surface area contributed by atoms with E-state index < -0.39 is 10.0 Å². The van der Waals surface area contributed by atoms with Gasteiger partial charge in [-0.25, -0.2) is 8.42 Å². The van der Waals surface area contributed by atoms with Gasteiger partial charge >= 0.3 is 0 Å². The SMILES string of the molecule is CC(=O)c1ccc(S(=O)(=O)N(C)Cc2ccc(C(C)C)cc2)cc1. The molecule has 0 unspecified atom stereocenters. The zero-order chi connectivity index (χ0) is 17.9. The first-order chi connectivity index (χ1) is 11.2. The number of hydrogen-bond acceptors (Lipinski definition) is 3. The molecule has 0 saturated heterocycles. The van der Waals surface area contributed by atoms with E-state index >= 15 is 0 Å². The molecule has 0 aliphatic rings. The van der Waals surface area contributed by atoms with Crippen LogP contribution in [0.15, 0.2) is 53.4 Å². The van der Waals surface area contributed by atoms with E-state index in [0.29, 0.717) is 18.0 Å². The Bertz CT molecular complexity index is 807. The smallest absolute Gasteiger partial charge is 0.243 e. The number of hydrogen-bond donors (Lipinski definition) is 0. The van der Waals surface area contributed by atoms with Crippen LogP contribution in [0.25, 0.3) is 0 Å². The third-order valence-corrected chi connectivity index (χ3v) is 5.84. The van der Waals surface area contributed by atoms with E-state index in [0.717, 1.165) is 5.56 Å². The predicted molar refractivity (Wildman–Crippen MR) is 95.6 cm³/mol. The fourth-order valence-corrected chi connectivity index (χ4v) is 3.55. The molecule has 0 radical (unpaired) electrons. The van der Waals surface area contributed by atoms with Gasteiger partial charge in [0.25, 0.3) is 0 Å². The van der Waals surface area contributed by atoms with Crippen LogP contribution < -0.4 is 0 Å². The molecule has 0 aliphatic carbocycles. The number of benzene rings is 2. The maximum Gasteiger partial charge on any atom is 0.243 e. The monoisotopic (exact) mass is 345 g/mol. The van der Waals surface area contributed by atoms with Crippen molar-refractivity contribution in [2.45, 2.75) is 38.1 Å². The molecule has 0 amide bonds. The fraction of sp³-hybridized carbons (Fsp3) is 0.316. The third kappa shape index (κ3) is 4.10. The van der Waals surface area contributed by atoms with Crippen molar-refractivity contribution in [3.8, 4) is 0 Å². The molecule has 0 N–H and O–H groups in total. The zero-order valence-corrected chi connectivity index (χ0v) is 15.3. The van der Waals surface area contributed by atoms with Gasteiger partial charge in [-0.3, -0.25) is 4.79 Å². The first-order valence-corrected chi connectivity index (χ1v) is 9.32. The summed E-state index contributed by atoms with van der Waals surface area (Å²) in [7, 11) is -2.02. The first-order valence-electron chi connectivity index (χ1n) is 7.88. The molecule has 5 heteroatoms. The Balaban J connectivity index is 2.17. The number of ketones is 1. The van der Waals surface area contributed by atoms with Gasteiger partial charge in [0.2, 0.25) is 10.0 Å². The van der Waals surface area contributed by atoms with Crippen LogP contribution in [-0.4, -0.2) is 25.6 Å². The summed E-state index contributed by atoms with van der Waals surface area (Å²) in [6.07, 6.45) is 0. The van der Waals surface area contributed by atoms with Gasteiger partial charge in [-0.2, -0.15) is 4.31 Å². The average molecular weight is 345 g/mol. The fourth-order valence-electron chi connectivity index (χ4n) is 2.39. The van der Waals surface area contributed by atoms with E-state index in [2.05, 4.69) is 13.8 Å². The molecule has 2 rings (SSSR count). The lowest BCUT2D eigenvalue weighted by molar-refractivity contribution is 0.101. The molecule has 0 spiro atoms. The van der Waals surface area contributed by atoms with Crippen LogP contribution in [0.3, 0.4) is 0 Å². The second-order valence-electron chi connectivity index (χ2n) is 6.24. The summed E-state index contributed by atoms with van der Waals surface area (Å²) >= 11 is 0.